The van der Waals surface area contributed by atoms with Crippen LogP contribution in [0.2, 0.25) is 0 Å². The molecule has 0 spiro atoms. The third-order valence-corrected chi connectivity index (χ3v) is 5.08. The first kappa shape index (κ1) is 17.9. The molecule has 1 aromatic carbocycles. The number of rotatable bonds is 3. The van der Waals surface area contributed by atoms with Crippen LogP contribution in [-0.4, -0.2) is 57.3 Å². The van der Waals surface area contributed by atoms with Crippen molar-refractivity contribution < 1.29 is 24.2 Å². The molecule has 1 amide bonds. The van der Waals surface area contributed by atoms with E-state index in [2.05, 4.69) is 9.97 Å². The fourth-order valence-corrected chi connectivity index (χ4v) is 3.71. The van der Waals surface area contributed by atoms with Gasteiger partial charge in [0.15, 0.2) is 5.78 Å². The summed E-state index contributed by atoms with van der Waals surface area (Å²) in [5, 5.41) is 8.94. The molecule has 0 fully saturated rings. The van der Waals surface area contributed by atoms with E-state index in [-0.39, 0.29) is 35.5 Å². The summed E-state index contributed by atoms with van der Waals surface area (Å²) in [6.45, 7) is 0.309. The van der Waals surface area contributed by atoms with E-state index in [4.69, 9.17) is 15.6 Å². The number of benzene rings is 1. The van der Waals surface area contributed by atoms with Crippen LogP contribution in [0, 0.1) is 0 Å². The van der Waals surface area contributed by atoms with Crippen molar-refractivity contribution in [1.29, 1.82) is 0 Å². The van der Waals surface area contributed by atoms with Crippen molar-refractivity contribution in [2.75, 3.05) is 25.4 Å². The van der Waals surface area contributed by atoms with E-state index >= 15 is 0 Å². The smallest absolute Gasteiger partial charge is 0.323 e. The van der Waals surface area contributed by atoms with E-state index in [1.165, 1.54) is 11.2 Å². The standard InChI is InChI=1S/C19H18N4O5/c20-17-15-16(26)12(4-6-28-18(15)22-9-21-17)10-1-2-13-11(7-10)3-5-23(19(13)27)8-14(24)25/h1-2,7,9,12H,3-6,8H2,(H,24,25)(H2,20,21,22). The average molecular weight is 382 g/mol. The van der Waals surface area contributed by atoms with Crippen molar-refractivity contribution >= 4 is 23.5 Å². The zero-order chi connectivity index (χ0) is 19.8. The summed E-state index contributed by atoms with van der Waals surface area (Å²) >= 11 is 0. The molecule has 0 saturated carbocycles. The predicted molar refractivity (Wildman–Crippen MR) is 97.3 cm³/mol. The van der Waals surface area contributed by atoms with Crippen LogP contribution in [0.15, 0.2) is 24.5 Å². The number of anilines is 1. The van der Waals surface area contributed by atoms with E-state index in [1.807, 2.05) is 6.07 Å². The maximum Gasteiger partial charge on any atom is 0.323 e. The molecule has 1 aromatic heterocycles. The number of ether oxygens (including phenoxy) is 1. The molecule has 2 aromatic rings. The van der Waals surface area contributed by atoms with Gasteiger partial charge in [-0.3, -0.25) is 14.4 Å². The molecule has 0 saturated heterocycles. The number of aromatic nitrogens is 2. The first-order valence-corrected chi connectivity index (χ1v) is 8.87. The highest BCUT2D eigenvalue weighted by molar-refractivity contribution is 6.06. The minimum absolute atomic E-state index is 0.0827. The average Bonchev–Trinajstić information content (AvgIpc) is 2.83. The first-order valence-electron chi connectivity index (χ1n) is 8.87. The number of carbonyl (C=O) groups is 3. The fourth-order valence-electron chi connectivity index (χ4n) is 3.71. The Hall–Kier alpha value is -3.49. The Kier molecular flexibility index (Phi) is 4.42. The number of fused-ring (bicyclic) bond motifs is 2. The van der Waals surface area contributed by atoms with Gasteiger partial charge < -0.3 is 20.5 Å². The molecule has 1 unspecified atom stereocenters. The van der Waals surface area contributed by atoms with Crippen molar-refractivity contribution in [1.82, 2.24) is 14.9 Å². The Labute approximate surface area is 160 Å². The van der Waals surface area contributed by atoms with Gasteiger partial charge in [-0.05, 0) is 30.0 Å². The topological polar surface area (TPSA) is 136 Å². The van der Waals surface area contributed by atoms with Crippen LogP contribution < -0.4 is 10.5 Å². The SMILES string of the molecule is Nc1ncnc2c1C(=O)C(c1ccc3c(c1)CCN(CC(=O)O)C3=O)CCO2. The normalized spacial score (nSPS) is 18.7. The molecule has 3 N–H and O–H groups in total. The molecule has 28 heavy (non-hydrogen) atoms. The van der Waals surface area contributed by atoms with E-state index in [9.17, 15) is 14.4 Å². The fraction of sp³-hybridized carbons (Fsp3) is 0.316. The number of Topliss-reactive ketones (excluding diaryl/α,β-unsaturated/α-hetero) is 1. The molecule has 3 heterocycles. The van der Waals surface area contributed by atoms with Gasteiger partial charge in [0.2, 0.25) is 5.88 Å². The van der Waals surface area contributed by atoms with E-state index in [0.29, 0.717) is 31.6 Å². The highest BCUT2D eigenvalue weighted by atomic mass is 16.5. The van der Waals surface area contributed by atoms with E-state index in [1.54, 1.807) is 12.1 Å². The summed E-state index contributed by atoms with van der Waals surface area (Å²) < 4.78 is 5.56. The second-order valence-corrected chi connectivity index (χ2v) is 6.78. The Balaban J connectivity index is 1.66. The van der Waals surface area contributed by atoms with Gasteiger partial charge in [-0.2, -0.15) is 0 Å². The molecular weight excluding hydrogens is 364 g/mol. The highest BCUT2D eigenvalue weighted by Crippen LogP contribution is 2.34. The molecule has 2 aliphatic rings. The van der Waals surface area contributed by atoms with Gasteiger partial charge in [-0.25, -0.2) is 9.97 Å². The third kappa shape index (κ3) is 3.04. The van der Waals surface area contributed by atoms with Crippen LogP contribution in [0.1, 0.15) is 44.2 Å². The van der Waals surface area contributed by atoms with Crippen molar-refractivity contribution in [3.05, 3.63) is 46.8 Å². The van der Waals surface area contributed by atoms with Gasteiger partial charge >= 0.3 is 5.97 Å². The molecule has 0 bridgehead atoms. The monoisotopic (exact) mass is 382 g/mol. The number of amides is 1. The number of carbonyl (C=O) groups excluding carboxylic acids is 2. The lowest BCUT2D eigenvalue weighted by atomic mass is 9.86. The summed E-state index contributed by atoms with van der Waals surface area (Å²) in [5.74, 6) is -1.77. The van der Waals surface area contributed by atoms with Crippen LogP contribution in [0.4, 0.5) is 5.82 Å². The third-order valence-electron chi connectivity index (χ3n) is 5.08. The second-order valence-electron chi connectivity index (χ2n) is 6.78. The van der Waals surface area contributed by atoms with Gasteiger partial charge in [-0.15, -0.1) is 0 Å². The Bertz CT molecular complexity index is 990. The van der Waals surface area contributed by atoms with Crippen molar-refractivity contribution in [3.63, 3.8) is 0 Å². The number of ketones is 1. The maximum absolute atomic E-state index is 13.1. The second kappa shape index (κ2) is 6.91. The van der Waals surface area contributed by atoms with Crippen LogP contribution in [0.3, 0.4) is 0 Å². The lowest BCUT2D eigenvalue weighted by Crippen LogP contribution is -2.40. The molecule has 9 heteroatoms. The summed E-state index contributed by atoms with van der Waals surface area (Å²) in [5.41, 5.74) is 8.10. The predicted octanol–water partition coefficient (Wildman–Crippen LogP) is 0.891. The van der Waals surface area contributed by atoms with Gasteiger partial charge in [0.05, 0.1) is 12.5 Å². The van der Waals surface area contributed by atoms with Gasteiger partial charge in [-0.1, -0.05) is 12.1 Å². The number of hydrogen-bond acceptors (Lipinski definition) is 7. The number of aliphatic carboxylic acids is 1. The van der Waals surface area contributed by atoms with Gasteiger partial charge in [0, 0.05) is 12.1 Å². The number of nitrogens with zero attached hydrogens (tertiary/aromatic N) is 3. The van der Waals surface area contributed by atoms with E-state index in [0.717, 1.165) is 11.1 Å². The minimum Gasteiger partial charge on any atom is -0.480 e. The minimum atomic E-state index is -1.05. The molecule has 1 atom stereocenters. The Morgan fingerprint density at radius 2 is 2.14 bits per heavy atom. The summed E-state index contributed by atoms with van der Waals surface area (Å²) in [6, 6.07) is 5.24. The molecule has 2 aliphatic heterocycles. The zero-order valence-corrected chi connectivity index (χ0v) is 14.9. The van der Waals surface area contributed by atoms with Crippen molar-refractivity contribution in [2.24, 2.45) is 0 Å². The number of carboxylic acids is 1. The first-order chi connectivity index (χ1) is 13.5. The van der Waals surface area contributed by atoms with Crippen LogP contribution in [-0.2, 0) is 11.2 Å². The van der Waals surface area contributed by atoms with Crippen LogP contribution >= 0.6 is 0 Å². The highest BCUT2D eigenvalue weighted by Gasteiger charge is 2.33. The molecule has 9 nitrogen and oxygen atoms in total. The van der Waals surface area contributed by atoms with Crippen LogP contribution in [0.25, 0.3) is 0 Å². The Morgan fingerprint density at radius 1 is 1.32 bits per heavy atom. The summed E-state index contributed by atoms with van der Waals surface area (Å²) in [7, 11) is 0. The largest absolute Gasteiger partial charge is 0.480 e. The molecule has 0 radical (unpaired) electrons. The van der Waals surface area contributed by atoms with Crippen molar-refractivity contribution in [3.8, 4) is 5.88 Å². The lowest BCUT2D eigenvalue weighted by molar-refractivity contribution is -0.137. The lowest BCUT2D eigenvalue weighted by Gasteiger charge is -2.28. The maximum atomic E-state index is 13.1. The summed E-state index contributed by atoms with van der Waals surface area (Å²) in [4.78, 5) is 45.7. The van der Waals surface area contributed by atoms with Gasteiger partial charge in [0.25, 0.3) is 5.91 Å². The van der Waals surface area contributed by atoms with Gasteiger partial charge in [0.1, 0.15) is 24.3 Å². The molecular formula is C19H18N4O5. The Morgan fingerprint density at radius 3 is 2.93 bits per heavy atom. The van der Waals surface area contributed by atoms with E-state index < -0.39 is 11.9 Å². The summed E-state index contributed by atoms with van der Waals surface area (Å²) in [6.07, 6.45) is 2.24. The molecule has 0 aliphatic carbocycles. The zero-order valence-electron chi connectivity index (χ0n) is 14.9. The van der Waals surface area contributed by atoms with Crippen molar-refractivity contribution in [2.45, 2.75) is 18.8 Å². The molecule has 4 rings (SSSR count). The number of nitrogen functional groups attached to an aromatic ring is 1. The van der Waals surface area contributed by atoms with Crippen LogP contribution in [0.5, 0.6) is 5.88 Å². The number of carboxylic acid groups (broad SMARTS) is 1. The molecule has 144 valence electrons. The number of nitrogens with two attached hydrogens (primary N) is 1. The quantitative estimate of drug-likeness (QED) is 0.799. The number of hydrogen-bond donors (Lipinski definition) is 2.